The van der Waals surface area contributed by atoms with Crippen LogP contribution in [-0.2, 0) is 17.8 Å². The van der Waals surface area contributed by atoms with E-state index < -0.39 is 0 Å². The number of furan rings is 1. The van der Waals surface area contributed by atoms with Crippen LogP contribution in [-0.4, -0.2) is 18.9 Å². The minimum Gasteiger partial charge on any atom is -0.486 e. The average Bonchev–Trinajstić information content (AvgIpc) is 3.23. The summed E-state index contributed by atoms with van der Waals surface area (Å²) in [5.74, 6) is 0.809. The molecule has 3 rings (SSSR count). The molecule has 0 fully saturated rings. The zero-order valence-corrected chi connectivity index (χ0v) is 15.8. The molecule has 0 spiro atoms. The van der Waals surface area contributed by atoms with Gasteiger partial charge in [-0.25, -0.2) is 0 Å². The molecule has 2 amide bonds. The van der Waals surface area contributed by atoms with E-state index in [1.54, 1.807) is 67.7 Å². The number of carbonyl (C=O) groups excluding carboxylic acids is 2. The van der Waals surface area contributed by atoms with Gasteiger partial charge in [0.1, 0.15) is 18.1 Å². The Morgan fingerprint density at radius 1 is 1.03 bits per heavy atom. The molecule has 1 aromatic heterocycles. The van der Waals surface area contributed by atoms with Crippen molar-refractivity contribution in [2.45, 2.75) is 13.0 Å². The van der Waals surface area contributed by atoms with Crippen molar-refractivity contribution in [2.24, 2.45) is 0 Å². The molecule has 0 atom stereocenters. The number of rotatable bonds is 7. The Morgan fingerprint density at radius 3 is 2.41 bits per heavy atom. The zero-order chi connectivity index (χ0) is 20.6. The fourth-order valence-electron chi connectivity index (χ4n) is 2.53. The molecule has 0 unspecified atom stereocenters. The summed E-state index contributed by atoms with van der Waals surface area (Å²) in [7, 11) is 1.59. The van der Waals surface area contributed by atoms with Gasteiger partial charge in [-0.3, -0.25) is 9.59 Å². The zero-order valence-electron chi connectivity index (χ0n) is 15.8. The minimum atomic E-state index is -0.381. The van der Waals surface area contributed by atoms with Crippen LogP contribution in [0.25, 0.3) is 0 Å². The second-order valence-electron chi connectivity index (χ2n) is 6.19. The number of nitriles is 1. The minimum absolute atomic E-state index is 0.0758. The summed E-state index contributed by atoms with van der Waals surface area (Å²) in [4.78, 5) is 23.7. The van der Waals surface area contributed by atoms with Gasteiger partial charge in [0.15, 0.2) is 5.76 Å². The molecule has 0 radical (unpaired) electrons. The topological polar surface area (TPSA) is 104 Å². The number of hydrogen-bond acceptors (Lipinski definition) is 5. The van der Waals surface area contributed by atoms with Crippen LogP contribution in [0.15, 0.2) is 65.1 Å². The van der Waals surface area contributed by atoms with Crippen LogP contribution in [0.5, 0.6) is 5.75 Å². The SMILES string of the molecule is CNC(=O)Cc1ccc(NC(=O)c2ccc(COc3ccc(C#N)cc3)o2)cc1. The molecule has 0 saturated carbocycles. The molecule has 146 valence electrons. The largest absolute Gasteiger partial charge is 0.486 e. The van der Waals surface area contributed by atoms with E-state index in [4.69, 9.17) is 14.4 Å². The summed E-state index contributed by atoms with van der Waals surface area (Å²) in [6.07, 6.45) is 0.283. The molecule has 2 N–H and O–H groups in total. The second kappa shape index (κ2) is 9.24. The number of benzene rings is 2. The van der Waals surface area contributed by atoms with Crippen LogP contribution in [0.1, 0.15) is 27.4 Å². The van der Waals surface area contributed by atoms with Crippen molar-refractivity contribution in [2.75, 3.05) is 12.4 Å². The first-order chi connectivity index (χ1) is 14.1. The molecule has 2 aromatic carbocycles. The fourth-order valence-corrected chi connectivity index (χ4v) is 2.53. The van der Waals surface area contributed by atoms with E-state index in [2.05, 4.69) is 10.6 Å². The third kappa shape index (κ3) is 5.47. The predicted molar refractivity (Wildman–Crippen MR) is 106 cm³/mol. The van der Waals surface area contributed by atoms with E-state index in [0.717, 1.165) is 5.56 Å². The lowest BCUT2D eigenvalue weighted by Crippen LogP contribution is -2.19. The number of amides is 2. The lowest BCUT2D eigenvalue weighted by atomic mass is 10.1. The highest BCUT2D eigenvalue weighted by atomic mass is 16.5. The van der Waals surface area contributed by atoms with Crippen LogP contribution >= 0.6 is 0 Å². The molecule has 7 nitrogen and oxygen atoms in total. The highest BCUT2D eigenvalue weighted by molar-refractivity contribution is 6.02. The summed E-state index contributed by atoms with van der Waals surface area (Å²) in [6.45, 7) is 0.160. The summed E-state index contributed by atoms with van der Waals surface area (Å²) in [6, 6.07) is 19.0. The van der Waals surface area contributed by atoms with Gasteiger partial charge in [0.2, 0.25) is 5.91 Å². The first kappa shape index (κ1) is 19.7. The molecule has 1 heterocycles. The first-order valence-corrected chi connectivity index (χ1v) is 8.90. The lowest BCUT2D eigenvalue weighted by Gasteiger charge is -2.06. The van der Waals surface area contributed by atoms with Gasteiger partial charge < -0.3 is 19.8 Å². The standard InChI is InChI=1S/C22H19N3O4/c1-24-21(26)12-15-2-6-17(7-3-15)25-22(27)20-11-10-19(29-20)14-28-18-8-4-16(13-23)5-9-18/h2-11H,12,14H2,1H3,(H,24,26)(H,25,27). The van der Waals surface area contributed by atoms with E-state index in [1.807, 2.05) is 6.07 Å². The smallest absolute Gasteiger partial charge is 0.291 e. The quantitative estimate of drug-likeness (QED) is 0.645. The number of hydrogen-bond donors (Lipinski definition) is 2. The number of nitrogens with one attached hydrogen (secondary N) is 2. The van der Waals surface area contributed by atoms with E-state index in [-0.39, 0.29) is 30.6 Å². The van der Waals surface area contributed by atoms with Crippen LogP contribution in [0.3, 0.4) is 0 Å². The molecule has 29 heavy (non-hydrogen) atoms. The predicted octanol–water partition coefficient (Wildman–Crippen LogP) is 3.27. The van der Waals surface area contributed by atoms with Gasteiger partial charge in [-0.2, -0.15) is 5.26 Å². The van der Waals surface area contributed by atoms with Gasteiger partial charge in [-0.1, -0.05) is 12.1 Å². The van der Waals surface area contributed by atoms with Crippen molar-refractivity contribution in [1.82, 2.24) is 5.32 Å². The molecular formula is C22H19N3O4. The first-order valence-electron chi connectivity index (χ1n) is 8.90. The Balaban J connectivity index is 1.54. The second-order valence-corrected chi connectivity index (χ2v) is 6.19. The summed E-state index contributed by atoms with van der Waals surface area (Å²) in [5, 5.41) is 14.1. The summed E-state index contributed by atoms with van der Waals surface area (Å²) < 4.78 is 11.1. The van der Waals surface area contributed by atoms with Gasteiger partial charge >= 0.3 is 0 Å². The van der Waals surface area contributed by atoms with Crippen molar-refractivity contribution in [1.29, 1.82) is 5.26 Å². The van der Waals surface area contributed by atoms with Gasteiger partial charge in [0.25, 0.3) is 5.91 Å². The van der Waals surface area contributed by atoms with Gasteiger partial charge in [-0.15, -0.1) is 0 Å². The maximum absolute atomic E-state index is 12.3. The van der Waals surface area contributed by atoms with E-state index in [1.165, 1.54) is 0 Å². The van der Waals surface area contributed by atoms with Crippen molar-refractivity contribution < 1.29 is 18.7 Å². The number of carbonyl (C=O) groups is 2. The maximum atomic E-state index is 12.3. The van der Waals surface area contributed by atoms with Crippen LogP contribution in [0, 0.1) is 11.3 Å². The molecule has 0 saturated heterocycles. The van der Waals surface area contributed by atoms with Crippen LogP contribution in [0.2, 0.25) is 0 Å². The van der Waals surface area contributed by atoms with Gasteiger partial charge in [0, 0.05) is 12.7 Å². The van der Waals surface area contributed by atoms with E-state index in [9.17, 15) is 9.59 Å². The number of anilines is 1. The van der Waals surface area contributed by atoms with E-state index >= 15 is 0 Å². The van der Waals surface area contributed by atoms with Crippen LogP contribution in [0.4, 0.5) is 5.69 Å². The highest BCUT2D eigenvalue weighted by Gasteiger charge is 2.12. The molecule has 0 aliphatic carbocycles. The number of nitrogens with zero attached hydrogens (tertiary/aromatic N) is 1. The molecule has 0 aliphatic heterocycles. The van der Waals surface area contributed by atoms with Crippen molar-refractivity contribution >= 4 is 17.5 Å². The summed E-state index contributed by atoms with van der Waals surface area (Å²) in [5.41, 5.74) is 2.00. The maximum Gasteiger partial charge on any atom is 0.291 e. The molecule has 0 bridgehead atoms. The average molecular weight is 389 g/mol. The normalized spacial score (nSPS) is 10.1. The van der Waals surface area contributed by atoms with Crippen molar-refractivity contribution in [3.8, 4) is 11.8 Å². The monoisotopic (exact) mass is 389 g/mol. The number of likely N-dealkylation sites (N-methyl/N-ethyl adjacent to an activating group) is 1. The third-order valence-corrected chi connectivity index (χ3v) is 4.11. The van der Waals surface area contributed by atoms with Crippen molar-refractivity contribution in [3.63, 3.8) is 0 Å². The van der Waals surface area contributed by atoms with Crippen molar-refractivity contribution in [3.05, 3.63) is 83.3 Å². The Labute approximate surface area is 167 Å². The lowest BCUT2D eigenvalue weighted by molar-refractivity contribution is -0.119. The fraction of sp³-hybridized carbons (Fsp3) is 0.136. The Bertz CT molecular complexity index is 1030. The van der Waals surface area contributed by atoms with Gasteiger partial charge in [-0.05, 0) is 54.1 Å². The Hall–Kier alpha value is -4.05. The molecular weight excluding hydrogens is 370 g/mol. The van der Waals surface area contributed by atoms with Crippen LogP contribution < -0.4 is 15.4 Å². The van der Waals surface area contributed by atoms with E-state index in [0.29, 0.717) is 22.8 Å². The molecule has 7 heteroatoms. The Morgan fingerprint density at radius 2 is 1.76 bits per heavy atom. The Kier molecular flexibility index (Phi) is 6.28. The molecule has 0 aliphatic rings. The van der Waals surface area contributed by atoms with Gasteiger partial charge in [0.05, 0.1) is 18.1 Å². The summed E-state index contributed by atoms with van der Waals surface area (Å²) >= 11 is 0. The third-order valence-electron chi connectivity index (χ3n) is 4.11. The number of ether oxygens (including phenoxy) is 1. The molecule has 3 aromatic rings. The highest BCUT2D eigenvalue weighted by Crippen LogP contribution is 2.17.